The molecule has 0 bridgehead atoms. The van der Waals surface area contributed by atoms with E-state index in [2.05, 4.69) is 366 Å². The third kappa shape index (κ3) is 48.0. The first kappa shape index (κ1) is 117. The number of methoxy groups -OCH3 is 2. The Balaban J connectivity index is -0.000000621. The summed E-state index contributed by atoms with van der Waals surface area (Å²) in [6, 6.07) is 95.6. The Morgan fingerprint density at radius 2 is 0.779 bits per heavy atom. The highest BCUT2D eigenvalue weighted by Crippen LogP contribution is 2.22. The molecule has 0 atom stereocenters. The van der Waals surface area contributed by atoms with E-state index in [4.69, 9.17) is 14.6 Å². The van der Waals surface area contributed by atoms with Crippen LogP contribution < -0.4 is 23.2 Å². The molecule has 0 aliphatic heterocycles. The van der Waals surface area contributed by atoms with Crippen LogP contribution in [0.2, 0.25) is 0 Å². The molecule has 0 saturated carbocycles. The summed E-state index contributed by atoms with van der Waals surface area (Å²) in [5.74, 6) is 2.40. The lowest BCUT2D eigenvalue weighted by Gasteiger charge is -2.09. The summed E-state index contributed by atoms with van der Waals surface area (Å²) < 4.78 is 16.2. The van der Waals surface area contributed by atoms with Crippen LogP contribution in [0.15, 0.2) is 317 Å². The van der Waals surface area contributed by atoms with Gasteiger partial charge in [0.15, 0.2) is 36.8 Å². The van der Waals surface area contributed by atoms with Crippen molar-refractivity contribution >= 4 is 33.0 Å². The number of pyridine rings is 3. The summed E-state index contributed by atoms with van der Waals surface area (Å²) >= 11 is 0. The molecule has 0 spiro atoms. The number of hydrogen-bond donors (Lipinski definition) is 1. The minimum absolute atomic E-state index is 0. The number of carbonyl (C=O) groups is 1. The topological polar surface area (TPSA) is 67.4 Å². The Hall–Kier alpha value is -11.6. The second-order valence-corrected chi connectivity index (χ2v) is 29.9. The zero-order valence-corrected chi connectivity index (χ0v) is 74.9. The number of allylic oxidation sites excluding steroid dienone is 1. The lowest BCUT2D eigenvalue weighted by Crippen LogP contribution is -2.27. The molecule has 3 aromatic heterocycles. The minimum Gasteiger partial charge on any atom is -0.497 e. The first-order valence-electron chi connectivity index (χ1n) is 40.3. The van der Waals surface area contributed by atoms with Crippen molar-refractivity contribution in [1.82, 2.24) is 0 Å². The second-order valence-electron chi connectivity index (χ2n) is 29.9. The summed E-state index contributed by atoms with van der Waals surface area (Å²) in [7, 11) is 9.37. The molecule has 11 aromatic carbocycles. The molecule has 0 fully saturated rings. The summed E-state index contributed by atoms with van der Waals surface area (Å²) in [4.78, 5) is 11.0. The molecular weight excluding hydrogens is 1490 g/mol. The molecule has 1 N–H and O–H groups in total. The van der Waals surface area contributed by atoms with Crippen molar-refractivity contribution in [3.63, 3.8) is 0 Å². The van der Waals surface area contributed by atoms with E-state index in [0.29, 0.717) is 11.5 Å². The van der Waals surface area contributed by atoms with Crippen molar-refractivity contribution in [2.75, 3.05) is 14.2 Å². The summed E-state index contributed by atoms with van der Waals surface area (Å²) in [6.45, 7) is 45.9. The fraction of sp³-hybridized carbons (Fsp3) is 0.304. The largest absolute Gasteiger partial charge is 0.497 e. The van der Waals surface area contributed by atoms with E-state index < -0.39 is 0 Å². The van der Waals surface area contributed by atoms with Gasteiger partial charge in [-0.1, -0.05) is 341 Å². The van der Waals surface area contributed by atoms with E-state index in [0.717, 1.165) is 35.5 Å². The van der Waals surface area contributed by atoms with E-state index in [1.165, 1.54) is 122 Å². The second kappa shape index (κ2) is 65.2. The van der Waals surface area contributed by atoms with Gasteiger partial charge in [-0.25, -0.2) is 13.7 Å². The SMILES string of the molecule is C.C.C.C.C.C.C=C(CC)c1ccc(C)cc1.CCc1ccc(C)cc1.COc1cc(C(C)=O)ccc1C.COc1ccc(C)cc1.C[n+]1ccc2ccccc2c1.C[n+]1cccc2ccccc21.C[n+]1ccccc1.Cc1cc(C)cc(C)c1.Cc1ccc(C(C)C)c(C)c1.Cc1ccc(C)cc1.Cc1ccc(CO)cc1C.Cc1ccccc1C. The number of aliphatic hydroxyl groups excluding tert-OH is 1. The van der Waals surface area contributed by atoms with Gasteiger partial charge in [0.25, 0.3) is 0 Å². The zero-order chi connectivity index (χ0) is 86.1. The Morgan fingerprint density at radius 1 is 0.361 bits per heavy atom. The van der Waals surface area contributed by atoms with E-state index in [1.54, 1.807) is 33.3 Å². The maximum Gasteiger partial charge on any atom is 0.212 e. The Labute approximate surface area is 744 Å². The molecule has 14 rings (SSSR count). The van der Waals surface area contributed by atoms with Crippen LogP contribution in [0.3, 0.4) is 0 Å². The number of ketones is 1. The normalized spacial score (nSPS) is 9.24. The lowest BCUT2D eigenvalue weighted by atomic mass is 9.97. The van der Waals surface area contributed by atoms with Gasteiger partial charge in [0.2, 0.25) is 5.52 Å². The van der Waals surface area contributed by atoms with E-state index >= 15 is 0 Å². The van der Waals surface area contributed by atoms with Crippen LogP contribution in [0.5, 0.6) is 11.5 Å². The number of hydrogen-bond acceptors (Lipinski definition) is 4. The smallest absolute Gasteiger partial charge is 0.212 e. The molecule has 0 amide bonds. The standard InChI is InChI=1S/C11H16.C11H14.2C10H10N.C10H12O2.C9H12O.2C9H12.C8H10O.2C8H10.C6H8N.6CH4/c1-8(2)11-6-5-9(3)7-10(11)4;1-4-10(3)11-7-5-9(2)6-8-11;1-11-8-4-6-9-5-2-3-7-10(9)11;1-11-7-6-9-4-2-3-5-10(9)8-11;1-7-4-5-9(8(2)11)6-10(7)12-3;1-7-3-4-9(6-10)5-8(7)2;1-7-4-8(2)6-9(3)5-7;1-3-9-6-4-8(2)5-7-9;1-7-3-5-8(9-2)6-4-7;1-7-3-5-8(2)6-4-7;1-7-5-3-4-6-8(7)2;1-7-5-3-2-4-6-7;;;;;;/h5-8H,1-4H3;5-8H,3-4H2,1-2H3;2*2-8H,1H3;4-6H,1-3H3;3-5,10H,6H2,1-2H3;4-6H,1-3H3;4-7H,3H2,1-2H3;3-6H,1-2H3;2*3-6H,1-2H3;2-6H,1H3;6*1H4/q;;2*+1;;;;;;;;+1;;;;;;. The van der Waals surface area contributed by atoms with Gasteiger partial charge in [-0.2, -0.15) is 0 Å². The first-order valence-corrected chi connectivity index (χ1v) is 40.3. The molecular formula is C115H160N3O4+3. The fourth-order valence-electron chi connectivity index (χ4n) is 11.4. The number of aromatic nitrogens is 3. The molecule has 0 saturated heterocycles. The third-order valence-electron chi connectivity index (χ3n) is 18.9. The quantitative estimate of drug-likeness (QED) is 0.122. The molecule has 0 aliphatic rings. The number of aryl methyl sites for hydroxylation is 19. The highest BCUT2D eigenvalue weighted by molar-refractivity contribution is 5.94. The molecule has 0 radical (unpaired) electrons. The van der Waals surface area contributed by atoms with Crippen molar-refractivity contribution in [2.45, 2.75) is 208 Å². The monoisotopic (exact) mass is 1650 g/mol. The van der Waals surface area contributed by atoms with Crippen LogP contribution >= 0.6 is 0 Å². The van der Waals surface area contributed by atoms with Crippen molar-refractivity contribution in [2.24, 2.45) is 21.1 Å². The van der Waals surface area contributed by atoms with Crippen molar-refractivity contribution in [3.8, 4) is 11.5 Å². The highest BCUT2D eigenvalue weighted by Gasteiger charge is 2.05. The van der Waals surface area contributed by atoms with Crippen LogP contribution in [-0.4, -0.2) is 25.1 Å². The maximum atomic E-state index is 11.0. The van der Waals surface area contributed by atoms with Gasteiger partial charge in [0.1, 0.15) is 32.6 Å². The number of ether oxygens (including phenoxy) is 2. The van der Waals surface area contributed by atoms with Gasteiger partial charge in [-0.15, -0.1) is 0 Å². The van der Waals surface area contributed by atoms with E-state index in [9.17, 15) is 4.79 Å². The Morgan fingerprint density at radius 3 is 1.20 bits per heavy atom. The number of Topliss-reactive ketones (excluding diaryl/α,β-unsaturated/α-hetero) is 1. The number of nitrogens with zero attached hydrogens (tertiary/aromatic N) is 3. The van der Waals surface area contributed by atoms with E-state index in [-0.39, 0.29) is 57.0 Å². The Kier molecular flexibility index (Phi) is 62.3. The van der Waals surface area contributed by atoms with Gasteiger partial charge < -0.3 is 14.6 Å². The minimum atomic E-state index is 0. The van der Waals surface area contributed by atoms with Crippen LogP contribution in [0.4, 0.5) is 0 Å². The molecule has 122 heavy (non-hydrogen) atoms. The molecule has 7 nitrogen and oxygen atoms in total. The first-order chi connectivity index (χ1) is 55.3. The maximum absolute atomic E-state index is 11.0. The van der Waals surface area contributed by atoms with E-state index in [1.807, 2.05) is 105 Å². The predicted octanol–water partition coefficient (Wildman–Crippen LogP) is 30.3. The van der Waals surface area contributed by atoms with Gasteiger partial charge in [0.05, 0.1) is 20.8 Å². The fourth-order valence-corrected chi connectivity index (χ4v) is 11.4. The van der Waals surface area contributed by atoms with Crippen LogP contribution in [0, 0.1) is 104 Å². The van der Waals surface area contributed by atoms with Gasteiger partial charge in [-0.05, 0) is 233 Å². The number of aliphatic hydroxyl groups is 1. The number of para-hydroxylation sites is 1. The zero-order valence-electron chi connectivity index (χ0n) is 74.9. The van der Waals surface area contributed by atoms with Crippen LogP contribution in [0.25, 0.3) is 27.2 Å². The summed E-state index contributed by atoms with van der Waals surface area (Å²) in [5.41, 5.74) is 28.0. The lowest BCUT2D eigenvalue weighted by molar-refractivity contribution is -0.671. The molecule has 14 aromatic rings. The van der Waals surface area contributed by atoms with Gasteiger partial charge in [-0.3, -0.25) is 4.79 Å². The van der Waals surface area contributed by atoms with Gasteiger partial charge in [0, 0.05) is 46.7 Å². The highest BCUT2D eigenvalue weighted by atomic mass is 16.5. The van der Waals surface area contributed by atoms with Gasteiger partial charge >= 0.3 is 0 Å². The molecule has 0 aliphatic carbocycles. The van der Waals surface area contributed by atoms with Crippen molar-refractivity contribution in [1.29, 1.82) is 0 Å². The van der Waals surface area contributed by atoms with Crippen molar-refractivity contribution in [3.05, 3.63) is 428 Å². The van der Waals surface area contributed by atoms with Crippen molar-refractivity contribution < 1.29 is 33.1 Å². The molecule has 656 valence electrons. The Bertz CT molecular complexity index is 4970. The molecule has 0 unspecified atom stereocenters. The average molecular weight is 1650 g/mol. The predicted molar refractivity (Wildman–Crippen MR) is 539 cm³/mol. The average Bonchev–Trinajstić information content (AvgIpc) is 0.569. The number of carbonyl (C=O) groups excluding carboxylic acids is 1. The summed E-state index contributed by atoms with van der Waals surface area (Å²) in [5, 5.41) is 12.6. The number of benzene rings is 11. The molecule has 7 heteroatoms. The number of rotatable bonds is 8. The molecule has 3 heterocycles. The van der Waals surface area contributed by atoms with Crippen LogP contribution in [0.1, 0.15) is 208 Å². The van der Waals surface area contributed by atoms with Crippen LogP contribution in [-0.2, 0) is 34.2 Å². The number of fused-ring (bicyclic) bond motifs is 2. The summed E-state index contributed by atoms with van der Waals surface area (Å²) in [6.07, 6.45) is 12.4. The third-order valence-corrected chi connectivity index (χ3v) is 18.9.